The van der Waals surface area contributed by atoms with Crippen molar-refractivity contribution in [3.8, 4) is 28.5 Å². The molecule has 4 aromatic rings. The van der Waals surface area contributed by atoms with Crippen LogP contribution in [0.3, 0.4) is 0 Å². The largest absolute Gasteiger partial charge is 0.495 e. The van der Waals surface area contributed by atoms with Crippen molar-refractivity contribution in [1.29, 1.82) is 0 Å². The SMILES string of the molecule is COc1cc(OC)c(Cl)c(Nc2ncccc2-c2cc(Nc3ccc(OC4CN(C(=O)OC(C)(C)C)C4)cc3[N+](=O)[O-])ncn2)c1Cl. The Morgan fingerprint density at radius 3 is 2.34 bits per heavy atom. The van der Waals surface area contributed by atoms with Gasteiger partial charge in [-0.15, -0.1) is 0 Å². The summed E-state index contributed by atoms with van der Waals surface area (Å²) in [6.45, 7) is 5.98. The highest BCUT2D eigenvalue weighted by Crippen LogP contribution is 2.46. The van der Waals surface area contributed by atoms with Crippen LogP contribution < -0.4 is 24.8 Å². The monoisotopic (exact) mass is 683 g/mol. The highest BCUT2D eigenvalue weighted by atomic mass is 35.5. The Labute approximate surface area is 280 Å². The number of aromatic nitrogens is 3. The van der Waals surface area contributed by atoms with E-state index < -0.39 is 16.6 Å². The third kappa shape index (κ3) is 7.67. The predicted molar refractivity (Wildman–Crippen MR) is 177 cm³/mol. The molecule has 246 valence electrons. The van der Waals surface area contributed by atoms with E-state index in [4.69, 9.17) is 42.1 Å². The Morgan fingerprint density at radius 1 is 1.00 bits per heavy atom. The van der Waals surface area contributed by atoms with Gasteiger partial charge in [0.25, 0.3) is 5.69 Å². The van der Waals surface area contributed by atoms with Gasteiger partial charge in [-0.3, -0.25) is 10.1 Å². The number of pyridine rings is 1. The lowest BCUT2D eigenvalue weighted by Gasteiger charge is -2.39. The first kappa shape index (κ1) is 33.3. The number of hydrogen-bond acceptors (Lipinski definition) is 12. The second kappa shape index (κ2) is 13.7. The molecule has 2 N–H and O–H groups in total. The molecule has 1 fully saturated rings. The number of anilines is 4. The number of likely N-dealkylation sites (tertiary alicyclic amines) is 1. The molecule has 0 saturated carbocycles. The summed E-state index contributed by atoms with van der Waals surface area (Å²) in [5, 5.41) is 18.6. The maximum Gasteiger partial charge on any atom is 0.410 e. The molecule has 1 aliphatic heterocycles. The van der Waals surface area contributed by atoms with Crippen molar-refractivity contribution in [3.63, 3.8) is 0 Å². The van der Waals surface area contributed by atoms with Gasteiger partial charge in [0, 0.05) is 23.9 Å². The molecule has 2 aromatic carbocycles. The average Bonchev–Trinajstić information content (AvgIpc) is 3.01. The van der Waals surface area contributed by atoms with Crippen LogP contribution in [-0.2, 0) is 4.74 Å². The fourth-order valence-corrected chi connectivity index (χ4v) is 5.15. The Bertz CT molecular complexity index is 1790. The number of halogens is 2. The van der Waals surface area contributed by atoms with Gasteiger partial charge >= 0.3 is 6.09 Å². The molecule has 1 amide bonds. The summed E-state index contributed by atoms with van der Waals surface area (Å²) < 4.78 is 22.0. The van der Waals surface area contributed by atoms with Crippen molar-refractivity contribution in [2.24, 2.45) is 0 Å². The van der Waals surface area contributed by atoms with Gasteiger partial charge in [0.2, 0.25) is 0 Å². The molecule has 16 heteroatoms. The second-order valence-corrected chi connectivity index (χ2v) is 12.0. The van der Waals surface area contributed by atoms with E-state index in [1.165, 1.54) is 37.6 Å². The molecule has 0 unspecified atom stereocenters. The van der Waals surface area contributed by atoms with Crippen LogP contribution in [0.2, 0.25) is 10.0 Å². The van der Waals surface area contributed by atoms with Gasteiger partial charge in [-0.1, -0.05) is 23.2 Å². The van der Waals surface area contributed by atoms with Crippen LogP contribution in [0.25, 0.3) is 11.3 Å². The Balaban J connectivity index is 1.34. The van der Waals surface area contributed by atoms with E-state index >= 15 is 0 Å². The lowest BCUT2D eigenvalue weighted by Crippen LogP contribution is -2.57. The van der Waals surface area contributed by atoms with Crippen LogP contribution in [0.4, 0.5) is 33.5 Å². The number of rotatable bonds is 10. The third-order valence-corrected chi connectivity index (χ3v) is 7.55. The maximum atomic E-state index is 12.2. The van der Waals surface area contributed by atoms with Gasteiger partial charge in [0.15, 0.2) is 0 Å². The van der Waals surface area contributed by atoms with Gasteiger partial charge in [-0.2, -0.15) is 0 Å². The van der Waals surface area contributed by atoms with E-state index in [1.807, 2.05) is 0 Å². The quantitative estimate of drug-likeness (QED) is 0.127. The number of nitrogens with zero attached hydrogens (tertiary/aromatic N) is 5. The first-order valence-corrected chi connectivity index (χ1v) is 15.0. The Kier molecular flexibility index (Phi) is 9.72. The van der Waals surface area contributed by atoms with Crippen LogP contribution in [0.1, 0.15) is 20.8 Å². The zero-order valence-electron chi connectivity index (χ0n) is 26.0. The molecule has 5 rings (SSSR count). The van der Waals surface area contributed by atoms with Crippen molar-refractivity contribution < 1.29 is 28.7 Å². The van der Waals surface area contributed by atoms with Crippen molar-refractivity contribution in [3.05, 3.63) is 75.1 Å². The number of nitro groups is 1. The van der Waals surface area contributed by atoms with Crippen molar-refractivity contribution in [2.45, 2.75) is 32.5 Å². The van der Waals surface area contributed by atoms with Crippen LogP contribution in [-0.4, -0.2) is 69.9 Å². The summed E-state index contributed by atoms with van der Waals surface area (Å²) in [4.78, 5) is 38.3. The topological polar surface area (TPSA) is 163 Å². The summed E-state index contributed by atoms with van der Waals surface area (Å²) in [6, 6.07) is 11.1. The van der Waals surface area contributed by atoms with E-state index in [0.717, 1.165) is 0 Å². The van der Waals surface area contributed by atoms with Crippen molar-refractivity contribution in [2.75, 3.05) is 37.9 Å². The molecule has 47 heavy (non-hydrogen) atoms. The van der Waals surface area contributed by atoms with E-state index in [9.17, 15) is 14.9 Å². The third-order valence-electron chi connectivity index (χ3n) is 6.80. The van der Waals surface area contributed by atoms with Crippen molar-refractivity contribution >= 4 is 58.0 Å². The Hall–Kier alpha value is -5.08. The second-order valence-electron chi connectivity index (χ2n) is 11.3. The van der Waals surface area contributed by atoms with Gasteiger partial charge in [-0.25, -0.2) is 19.7 Å². The average molecular weight is 685 g/mol. The van der Waals surface area contributed by atoms with E-state index in [-0.39, 0.29) is 39.1 Å². The van der Waals surface area contributed by atoms with Crippen LogP contribution in [0, 0.1) is 10.1 Å². The standard InChI is InChI=1S/C31H31Cl2N7O7/c1-31(2,3)47-30(41)39-14-18(15-39)46-17-8-9-20(22(11-17)40(42)43)37-25-12-21(35-16-36-25)19-7-6-10-34-29(19)38-28-26(32)23(44-4)13-24(45-5)27(28)33/h6-13,16,18H,14-15H2,1-5H3,(H,34,38)(H,35,36,37). The van der Waals surface area contributed by atoms with Crippen LogP contribution in [0.5, 0.6) is 17.2 Å². The first-order chi connectivity index (χ1) is 22.4. The first-order valence-electron chi connectivity index (χ1n) is 14.2. The minimum absolute atomic E-state index is 0.183. The lowest BCUT2D eigenvalue weighted by atomic mass is 10.1. The molecule has 0 spiro atoms. The fraction of sp³-hybridized carbons (Fsp3) is 0.290. The minimum atomic E-state index is -0.609. The minimum Gasteiger partial charge on any atom is -0.495 e. The van der Waals surface area contributed by atoms with E-state index in [0.29, 0.717) is 47.4 Å². The fourth-order valence-electron chi connectivity index (χ4n) is 4.56. The number of carbonyl (C=O) groups excluding carboxylic acids is 1. The molecule has 1 saturated heterocycles. The molecule has 0 atom stereocenters. The molecule has 0 bridgehead atoms. The molecule has 2 aromatic heterocycles. The lowest BCUT2D eigenvalue weighted by molar-refractivity contribution is -0.384. The number of carbonyl (C=O) groups is 1. The number of nitro benzene ring substituents is 1. The molecule has 3 heterocycles. The molecular formula is C31H31Cl2N7O7. The summed E-state index contributed by atoms with van der Waals surface area (Å²) in [6.07, 6.45) is 2.14. The molecule has 14 nitrogen and oxygen atoms in total. The number of methoxy groups -OCH3 is 2. The molecule has 1 aliphatic rings. The zero-order valence-corrected chi connectivity index (χ0v) is 27.5. The highest BCUT2D eigenvalue weighted by molar-refractivity contribution is 6.41. The molecular weight excluding hydrogens is 653 g/mol. The van der Waals surface area contributed by atoms with E-state index in [1.54, 1.807) is 57.3 Å². The molecule has 0 aliphatic carbocycles. The number of nitrogens with one attached hydrogen (secondary N) is 2. The number of hydrogen-bond donors (Lipinski definition) is 2. The van der Waals surface area contributed by atoms with Gasteiger partial charge in [0.05, 0.1) is 49.7 Å². The highest BCUT2D eigenvalue weighted by Gasteiger charge is 2.35. The van der Waals surface area contributed by atoms with Crippen molar-refractivity contribution in [1.82, 2.24) is 19.9 Å². The normalized spacial score (nSPS) is 13.0. The van der Waals surface area contributed by atoms with Gasteiger partial charge < -0.3 is 34.5 Å². The summed E-state index contributed by atoms with van der Waals surface area (Å²) in [5.41, 5.74) is 0.665. The summed E-state index contributed by atoms with van der Waals surface area (Å²) in [7, 11) is 2.95. The molecule has 0 radical (unpaired) electrons. The zero-order chi connectivity index (χ0) is 33.9. The predicted octanol–water partition coefficient (Wildman–Crippen LogP) is 7.26. The maximum absolute atomic E-state index is 12.2. The summed E-state index contributed by atoms with van der Waals surface area (Å²) in [5.74, 6) is 1.62. The Morgan fingerprint density at radius 2 is 1.70 bits per heavy atom. The number of benzene rings is 2. The smallest absolute Gasteiger partial charge is 0.410 e. The van der Waals surface area contributed by atoms with E-state index in [2.05, 4.69) is 25.6 Å². The van der Waals surface area contributed by atoms with Gasteiger partial charge in [0.1, 0.15) is 62.6 Å². The van der Waals surface area contributed by atoms with Crippen LogP contribution in [0.15, 0.2) is 55.0 Å². The van der Waals surface area contributed by atoms with Gasteiger partial charge in [-0.05, 0) is 45.0 Å². The number of ether oxygens (including phenoxy) is 4. The number of amides is 1. The van der Waals surface area contributed by atoms with Crippen LogP contribution >= 0.6 is 23.2 Å². The summed E-state index contributed by atoms with van der Waals surface area (Å²) >= 11 is 13.1.